The van der Waals surface area contributed by atoms with Gasteiger partial charge < -0.3 is 10.1 Å². The summed E-state index contributed by atoms with van der Waals surface area (Å²) < 4.78 is 51.9. The summed E-state index contributed by atoms with van der Waals surface area (Å²) in [5, 5.41) is 2.20. The van der Waals surface area contributed by atoms with E-state index >= 15 is 0 Å². The predicted octanol–water partition coefficient (Wildman–Crippen LogP) is 3.18. The summed E-state index contributed by atoms with van der Waals surface area (Å²) in [6.07, 6.45) is -5.74. The number of ether oxygens (including phenoxy) is 1. The van der Waals surface area contributed by atoms with E-state index in [0.29, 0.717) is 5.56 Å². The molecule has 1 aromatic carbocycles. The van der Waals surface area contributed by atoms with Crippen molar-refractivity contribution in [3.8, 4) is 0 Å². The molecule has 0 aromatic heterocycles. The number of benzene rings is 1. The average Bonchev–Trinajstić information content (AvgIpc) is 2.26. The number of nitrogens with one attached hydrogen (secondary N) is 1. The van der Waals surface area contributed by atoms with Gasteiger partial charge in [-0.15, -0.1) is 0 Å². The van der Waals surface area contributed by atoms with Crippen molar-refractivity contribution >= 4 is 6.09 Å². The molecule has 0 aliphatic carbocycles. The maximum absolute atomic E-state index is 12.6. The van der Waals surface area contributed by atoms with Gasteiger partial charge in [0.1, 0.15) is 5.82 Å². The number of carbonyl (C=O) groups excluding carboxylic acids is 1. The molecular formula is C11H11F4NO2. The lowest BCUT2D eigenvalue weighted by atomic mass is 10.1. The van der Waals surface area contributed by atoms with Crippen molar-refractivity contribution in [3.05, 3.63) is 35.6 Å². The van der Waals surface area contributed by atoms with Crippen LogP contribution in [0.3, 0.4) is 0 Å². The Bertz CT molecular complexity index is 402. The van der Waals surface area contributed by atoms with Crippen molar-refractivity contribution in [2.24, 2.45) is 0 Å². The van der Waals surface area contributed by atoms with Gasteiger partial charge in [0, 0.05) is 0 Å². The molecule has 0 bridgehead atoms. The van der Waals surface area contributed by atoms with E-state index in [4.69, 9.17) is 0 Å². The van der Waals surface area contributed by atoms with Crippen LogP contribution in [0.2, 0.25) is 0 Å². The third kappa shape index (κ3) is 5.03. The van der Waals surface area contributed by atoms with Crippen molar-refractivity contribution in [1.29, 1.82) is 0 Å². The van der Waals surface area contributed by atoms with E-state index in [9.17, 15) is 22.4 Å². The SMILES string of the molecule is C[C@H](NC(=O)OCC(F)(F)F)c1ccc(F)cc1. The van der Waals surface area contributed by atoms with E-state index in [2.05, 4.69) is 10.1 Å². The van der Waals surface area contributed by atoms with E-state index in [-0.39, 0.29) is 0 Å². The number of alkyl halides is 3. The van der Waals surface area contributed by atoms with Crippen LogP contribution in [0, 0.1) is 5.82 Å². The zero-order valence-corrected chi connectivity index (χ0v) is 9.42. The molecule has 1 aromatic rings. The van der Waals surface area contributed by atoms with Gasteiger partial charge in [0.2, 0.25) is 0 Å². The van der Waals surface area contributed by atoms with Gasteiger partial charge >= 0.3 is 12.3 Å². The fourth-order valence-electron chi connectivity index (χ4n) is 1.20. The minimum atomic E-state index is -4.56. The topological polar surface area (TPSA) is 38.3 Å². The predicted molar refractivity (Wildman–Crippen MR) is 55.4 cm³/mol. The van der Waals surface area contributed by atoms with E-state index in [1.165, 1.54) is 24.3 Å². The Morgan fingerprint density at radius 1 is 1.33 bits per heavy atom. The standard InChI is InChI=1S/C11H11F4NO2/c1-7(8-2-4-9(12)5-3-8)16-10(17)18-6-11(13,14)15/h2-5,7H,6H2,1H3,(H,16,17)/t7-/m0/s1. The monoisotopic (exact) mass is 265 g/mol. The number of hydrogen-bond donors (Lipinski definition) is 1. The molecule has 100 valence electrons. The molecule has 0 aliphatic heterocycles. The Morgan fingerprint density at radius 2 is 1.89 bits per heavy atom. The molecule has 1 atom stereocenters. The number of carbonyl (C=O) groups is 1. The van der Waals surface area contributed by atoms with Gasteiger partial charge in [-0.3, -0.25) is 0 Å². The summed E-state index contributed by atoms with van der Waals surface area (Å²) in [6.45, 7) is -0.100. The normalized spacial score (nSPS) is 12.9. The first-order chi connectivity index (χ1) is 8.28. The van der Waals surface area contributed by atoms with Crippen LogP contribution in [0.15, 0.2) is 24.3 Å². The molecule has 0 heterocycles. The molecule has 0 aliphatic rings. The number of rotatable bonds is 3. The fraction of sp³-hybridized carbons (Fsp3) is 0.364. The quantitative estimate of drug-likeness (QED) is 0.852. The Balaban J connectivity index is 2.47. The first kappa shape index (κ1) is 14.3. The maximum Gasteiger partial charge on any atom is 0.422 e. The first-order valence-electron chi connectivity index (χ1n) is 5.03. The van der Waals surface area contributed by atoms with Gasteiger partial charge in [0.05, 0.1) is 6.04 Å². The van der Waals surface area contributed by atoms with E-state index in [1.807, 2.05) is 0 Å². The summed E-state index contributed by atoms with van der Waals surface area (Å²) in [5.41, 5.74) is 0.556. The lowest BCUT2D eigenvalue weighted by Crippen LogP contribution is -2.30. The fourth-order valence-corrected chi connectivity index (χ4v) is 1.20. The van der Waals surface area contributed by atoms with Gasteiger partial charge in [-0.1, -0.05) is 12.1 Å². The highest BCUT2D eigenvalue weighted by molar-refractivity contribution is 5.67. The molecule has 0 spiro atoms. The Morgan fingerprint density at radius 3 is 2.39 bits per heavy atom. The number of amides is 1. The van der Waals surface area contributed by atoms with Crippen molar-refractivity contribution < 1.29 is 27.1 Å². The average molecular weight is 265 g/mol. The van der Waals surface area contributed by atoms with Crippen LogP contribution in [0.1, 0.15) is 18.5 Å². The highest BCUT2D eigenvalue weighted by atomic mass is 19.4. The highest BCUT2D eigenvalue weighted by Crippen LogP contribution is 2.16. The molecule has 0 saturated heterocycles. The summed E-state index contributed by atoms with van der Waals surface area (Å²) in [5.74, 6) is -0.439. The zero-order valence-electron chi connectivity index (χ0n) is 9.42. The van der Waals surface area contributed by atoms with E-state index in [1.54, 1.807) is 6.92 Å². The van der Waals surface area contributed by atoms with Crippen LogP contribution in [0.5, 0.6) is 0 Å². The molecule has 18 heavy (non-hydrogen) atoms. The highest BCUT2D eigenvalue weighted by Gasteiger charge is 2.29. The second-order valence-electron chi connectivity index (χ2n) is 3.61. The zero-order chi connectivity index (χ0) is 13.8. The molecule has 1 amide bonds. The molecule has 0 saturated carbocycles. The smallest absolute Gasteiger partial charge is 0.422 e. The summed E-state index contributed by atoms with van der Waals surface area (Å²) >= 11 is 0. The second-order valence-corrected chi connectivity index (χ2v) is 3.61. The Labute approximate surface area is 101 Å². The lowest BCUT2D eigenvalue weighted by Gasteiger charge is -2.15. The molecular weight excluding hydrogens is 254 g/mol. The minimum absolute atomic E-state index is 0.439. The summed E-state index contributed by atoms with van der Waals surface area (Å²) in [6, 6.07) is 4.64. The van der Waals surface area contributed by atoms with E-state index in [0.717, 1.165) is 0 Å². The number of hydrogen-bond acceptors (Lipinski definition) is 2. The molecule has 0 fully saturated rings. The summed E-state index contributed by atoms with van der Waals surface area (Å²) in [4.78, 5) is 11.0. The van der Waals surface area contributed by atoms with Gasteiger partial charge in [-0.05, 0) is 24.6 Å². The third-order valence-corrected chi connectivity index (χ3v) is 2.07. The van der Waals surface area contributed by atoms with Crippen LogP contribution in [-0.4, -0.2) is 18.9 Å². The van der Waals surface area contributed by atoms with Crippen LogP contribution >= 0.6 is 0 Å². The Hall–Kier alpha value is -1.79. The third-order valence-electron chi connectivity index (χ3n) is 2.07. The number of halogens is 4. The van der Waals surface area contributed by atoms with Crippen molar-refractivity contribution in [2.75, 3.05) is 6.61 Å². The molecule has 0 unspecified atom stereocenters. The lowest BCUT2D eigenvalue weighted by molar-refractivity contribution is -0.160. The van der Waals surface area contributed by atoms with E-state index < -0.39 is 30.7 Å². The van der Waals surface area contributed by atoms with Crippen LogP contribution in [-0.2, 0) is 4.74 Å². The molecule has 3 nitrogen and oxygen atoms in total. The number of alkyl carbamates (subject to hydrolysis) is 1. The van der Waals surface area contributed by atoms with Crippen LogP contribution in [0.25, 0.3) is 0 Å². The van der Waals surface area contributed by atoms with Crippen LogP contribution < -0.4 is 5.32 Å². The molecule has 1 N–H and O–H groups in total. The molecule has 7 heteroatoms. The Kier molecular flexibility index (Phi) is 4.52. The van der Waals surface area contributed by atoms with Gasteiger partial charge in [0.15, 0.2) is 6.61 Å². The molecule has 1 rings (SSSR count). The van der Waals surface area contributed by atoms with Gasteiger partial charge in [-0.25, -0.2) is 9.18 Å². The molecule has 0 radical (unpaired) electrons. The summed E-state index contributed by atoms with van der Waals surface area (Å²) in [7, 11) is 0. The van der Waals surface area contributed by atoms with Crippen molar-refractivity contribution in [1.82, 2.24) is 5.32 Å². The van der Waals surface area contributed by atoms with Crippen molar-refractivity contribution in [2.45, 2.75) is 19.1 Å². The van der Waals surface area contributed by atoms with Gasteiger partial charge in [-0.2, -0.15) is 13.2 Å². The van der Waals surface area contributed by atoms with Crippen molar-refractivity contribution in [3.63, 3.8) is 0 Å². The van der Waals surface area contributed by atoms with Crippen LogP contribution in [0.4, 0.5) is 22.4 Å². The van der Waals surface area contributed by atoms with Gasteiger partial charge in [0.25, 0.3) is 0 Å². The first-order valence-corrected chi connectivity index (χ1v) is 5.03. The maximum atomic E-state index is 12.6. The largest absolute Gasteiger partial charge is 0.440 e. The second kappa shape index (κ2) is 5.70. The minimum Gasteiger partial charge on any atom is -0.440 e.